The Kier molecular flexibility index (Phi) is 10.2. The molecule has 11 heteroatoms. The van der Waals surface area contributed by atoms with Gasteiger partial charge in [-0.05, 0) is 85.4 Å². The lowest BCUT2D eigenvalue weighted by Crippen LogP contribution is -2.25. The Labute approximate surface area is 261 Å². The number of nitrogens with one attached hydrogen (secondary N) is 3. The number of hydrogen-bond acceptors (Lipinski definition) is 5. The van der Waals surface area contributed by atoms with Crippen LogP contribution in [-0.2, 0) is 32.0 Å². The van der Waals surface area contributed by atoms with E-state index in [9.17, 15) is 29.4 Å². The molecule has 5 N–H and O–H groups in total. The van der Waals surface area contributed by atoms with Gasteiger partial charge in [-0.1, -0.05) is 19.9 Å². The van der Waals surface area contributed by atoms with Crippen LogP contribution in [0.1, 0.15) is 80.2 Å². The van der Waals surface area contributed by atoms with Crippen LogP contribution in [0.25, 0.3) is 18.2 Å². The molecule has 2 aliphatic rings. The summed E-state index contributed by atoms with van der Waals surface area (Å²) >= 11 is 4.37. The smallest absolute Gasteiger partial charge is 0.307 e. The molecule has 4 rings (SSSR count). The largest absolute Gasteiger partial charge is 0.481 e. The van der Waals surface area contributed by atoms with Gasteiger partial charge in [0.25, 0.3) is 5.91 Å². The predicted molar refractivity (Wildman–Crippen MR) is 173 cm³/mol. The summed E-state index contributed by atoms with van der Waals surface area (Å²) in [7, 11) is 0. The summed E-state index contributed by atoms with van der Waals surface area (Å²) in [6.45, 7) is 9.55. The summed E-state index contributed by atoms with van der Waals surface area (Å²) in [5.41, 5.74) is 7.87. The Balaban J connectivity index is 1.87. The zero-order chi connectivity index (χ0) is 32.3. The lowest BCUT2D eigenvalue weighted by molar-refractivity contribution is -0.137. The summed E-state index contributed by atoms with van der Waals surface area (Å²) in [6.07, 6.45) is 7.18. The highest BCUT2D eigenvalue weighted by atomic mass is 32.1. The zero-order valence-corrected chi connectivity index (χ0v) is 26.7. The van der Waals surface area contributed by atoms with Crippen molar-refractivity contribution in [1.82, 2.24) is 15.3 Å². The maximum absolute atomic E-state index is 12.5. The molecule has 0 unspecified atom stereocenters. The quantitative estimate of drug-likeness (QED) is 0.199. The molecule has 0 spiro atoms. The second kappa shape index (κ2) is 13.7. The molecule has 0 aliphatic carbocycles. The Morgan fingerprint density at radius 2 is 1.75 bits per heavy atom. The van der Waals surface area contributed by atoms with E-state index in [1.54, 1.807) is 6.08 Å². The van der Waals surface area contributed by atoms with E-state index in [2.05, 4.69) is 32.9 Å². The van der Waals surface area contributed by atoms with E-state index < -0.39 is 11.9 Å². The molecule has 2 amide bonds. The van der Waals surface area contributed by atoms with E-state index in [-0.39, 0.29) is 42.9 Å². The first-order valence-electron chi connectivity index (χ1n) is 14.9. The normalized spacial score (nSPS) is 20.3. The van der Waals surface area contributed by atoms with Crippen molar-refractivity contribution in [3.05, 3.63) is 61.2 Å². The fourth-order valence-corrected chi connectivity index (χ4v) is 6.36. The van der Waals surface area contributed by atoms with Crippen LogP contribution in [0.4, 0.5) is 0 Å². The summed E-state index contributed by atoms with van der Waals surface area (Å²) in [4.78, 5) is 59.1. The standard InChI is InChI=1S/C33H40N4O6S/c1-6-20-16(2)26(36-33(20)43)13-24-17(3)21(7-9-30(38)39)27(34-24)15-28-22(8-10-31(40)41)18(4)25(35-28)14-29-23(11-12-44)19(5)32(42)37-29/h8,14-15,19,23,34-35,44H,6-7,9-13H2,1-5H3,(H,37,42)(H,38,39)(H,40,41)/b22-8+,28-15-,29-14-/t19-,23-/m1/s1. The first-order valence-corrected chi connectivity index (χ1v) is 15.5. The number of rotatable bonds is 12. The maximum atomic E-state index is 12.5. The van der Waals surface area contributed by atoms with E-state index in [0.717, 1.165) is 45.8 Å². The number of aromatic amines is 2. The van der Waals surface area contributed by atoms with E-state index in [1.807, 2.05) is 46.8 Å². The molecular weight excluding hydrogens is 580 g/mol. The highest BCUT2D eigenvalue weighted by molar-refractivity contribution is 7.80. The Bertz CT molecular complexity index is 1740. The summed E-state index contributed by atoms with van der Waals surface area (Å²) < 4.78 is 0. The fraction of sp³-hybridized carbons (Fsp3) is 0.424. The van der Waals surface area contributed by atoms with Crippen molar-refractivity contribution < 1.29 is 29.4 Å². The molecule has 4 heterocycles. The van der Waals surface area contributed by atoms with Gasteiger partial charge >= 0.3 is 11.9 Å². The minimum Gasteiger partial charge on any atom is -0.481 e. The van der Waals surface area contributed by atoms with E-state index in [4.69, 9.17) is 0 Å². The number of H-pyrrole nitrogens is 2. The van der Waals surface area contributed by atoms with Gasteiger partial charge in [-0.25, -0.2) is 4.99 Å². The van der Waals surface area contributed by atoms with Crippen LogP contribution >= 0.6 is 12.6 Å². The van der Waals surface area contributed by atoms with Crippen molar-refractivity contribution >= 4 is 60.3 Å². The van der Waals surface area contributed by atoms with Gasteiger partial charge in [0, 0.05) is 58.4 Å². The van der Waals surface area contributed by atoms with Crippen LogP contribution in [0.15, 0.2) is 21.8 Å². The van der Waals surface area contributed by atoms with E-state index >= 15 is 0 Å². The van der Waals surface area contributed by atoms with Gasteiger partial charge in [0.15, 0.2) is 0 Å². The number of allylic oxidation sites excluding steroid dienone is 2. The van der Waals surface area contributed by atoms with Crippen molar-refractivity contribution in [3.63, 3.8) is 0 Å². The molecule has 1 fully saturated rings. The summed E-state index contributed by atoms with van der Waals surface area (Å²) in [5.74, 6) is -1.70. The number of carboxylic acid groups (broad SMARTS) is 2. The fourth-order valence-electron chi connectivity index (χ4n) is 6.09. The molecule has 0 aromatic carbocycles. The number of carboxylic acids is 2. The highest BCUT2D eigenvalue weighted by Crippen LogP contribution is 2.31. The molecule has 2 aliphatic heterocycles. The Morgan fingerprint density at radius 3 is 2.36 bits per heavy atom. The second-order valence-corrected chi connectivity index (χ2v) is 11.9. The van der Waals surface area contributed by atoms with Crippen LogP contribution in [-0.4, -0.2) is 55.4 Å². The van der Waals surface area contributed by atoms with Crippen molar-refractivity contribution in [2.45, 2.75) is 73.1 Å². The third-order valence-corrected chi connectivity index (χ3v) is 9.00. The third-order valence-electron chi connectivity index (χ3n) is 8.74. The third kappa shape index (κ3) is 6.83. The number of nitrogens with zero attached hydrogens (tertiary/aromatic N) is 1. The first kappa shape index (κ1) is 32.8. The van der Waals surface area contributed by atoms with Crippen molar-refractivity contribution in [2.24, 2.45) is 16.8 Å². The first-order chi connectivity index (χ1) is 20.9. The van der Waals surface area contributed by atoms with Crippen LogP contribution in [0.2, 0.25) is 0 Å². The molecule has 234 valence electrons. The number of thiol groups is 1. The number of aromatic nitrogens is 2. The Morgan fingerprint density at radius 1 is 1.02 bits per heavy atom. The molecule has 2 aromatic heterocycles. The maximum Gasteiger partial charge on any atom is 0.307 e. The van der Waals surface area contributed by atoms with Gasteiger partial charge in [-0.15, -0.1) is 0 Å². The van der Waals surface area contributed by atoms with Gasteiger partial charge in [-0.3, -0.25) is 19.2 Å². The van der Waals surface area contributed by atoms with Gasteiger partial charge in [0.05, 0.1) is 12.1 Å². The SMILES string of the molecule is CCC1=C(C)C(Cc2[nH]c(/C=c3\[nH]c(/C=C4\NC(=O)[C@H](C)[C@H]4CCS)c(C)\c3=C/CC(=O)O)c(CCC(=O)O)c2C)=NC1=O. The molecular formula is C33H40N4O6S. The van der Waals surface area contributed by atoms with Gasteiger partial charge in [0.2, 0.25) is 5.91 Å². The van der Waals surface area contributed by atoms with Crippen LogP contribution in [0.3, 0.4) is 0 Å². The summed E-state index contributed by atoms with van der Waals surface area (Å²) in [5, 5.41) is 23.2. The predicted octanol–water partition coefficient (Wildman–Crippen LogP) is 3.35. The average Bonchev–Trinajstić information content (AvgIpc) is 3.60. The Hall–Kier alpha value is -4.12. The molecule has 10 nitrogen and oxygen atoms in total. The van der Waals surface area contributed by atoms with Crippen molar-refractivity contribution in [2.75, 3.05) is 5.75 Å². The summed E-state index contributed by atoms with van der Waals surface area (Å²) in [6, 6.07) is 0. The van der Waals surface area contributed by atoms with Crippen LogP contribution < -0.4 is 15.9 Å². The van der Waals surface area contributed by atoms with Crippen molar-refractivity contribution in [1.29, 1.82) is 0 Å². The number of hydrogen-bond donors (Lipinski definition) is 6. The van der Waals surface area contributed by atoms with Gasteiger partial charge in [-0.2, -0.15) is 12.6 Å². The monoisotopic (exact) mass is 620 g/mol. The average molecular weight is 621 g/mol. The topological polar surface area (TPSA) is 165 Å². The van der Waals surface area contributed by atoms with Crippen molar-refractivity contribution in [3.8, 4) is 0 Å². The number of carbonyl (C=O) groups excluding carboxylic acids is 2. The minimum absolute atomic E-state index is 0.00562. The highest BCUT2D eigenvalue weighted by Gasteiger charge is 2.34. The second-order valence-electron chi connectivity index (χ2n) is 11.4. The molecule has 0 radical (unpaired) electrons. The van der Waals surface area contributed by atoms with Crippen LogP contribution in [0.5, 0.6) is 0 Å². The number of amides is 2. The van der Waals surface area contributed by atoms with Gasteiger partial charge in [0.1, 0.15) is 0 Å². The minimum atomic E-state index is -0.968. The number of aliphatic imine (C=N–C) groups is 1. The van der Waals surface area contributed by atoms with Crippen LogP contribution in [0, 0.1) is 25.7 Å². The molecule has 0 bridgehead atoms. The van der Waals surface area contributed by atoms with E-state index in [1.165, 1.54) is 0 Å². The zero-order valence-electron chi connectivity index (χ0n) is 25.8. The lowest BCUT2D eigenvalue weighted by Gasteiger charge is -2.12. The molecule has 2 aromatic rings. The molecule has 2 atom stereocenters. The molecule has 44 heavy (non-hydrogen) atoms. The number of carbonyl (C=O) groups is 4. The van der Waals surface area contributed by atoms with E-state index in [0.29, 0.717) is 46.1 Å². The number of aliphatic carboxylic acids is 2. The molecule has 0 saturated carbocycles. The van der Waals surface area contributed by atoms with Gasteiger partial charge < -0.3 is 25.5 Å². The lowest BCUT2D eigenvalue weighted by atomic mass is 9.92. The molecule has 1 saturated heterocycles.